The Bertz CT molecular complexity index is 443. The van der Waals surface area contributed by atoms with Crippen molar-refractivity contribution in [3.05, 3.63) is 0 Å². The van der Waals surface area contributed by atoms with Gasteiger partial charge in [-0.3, -0.25) is 4.99 Å². The Morgan fingerprint density at radius 1 is 1.48 bits per heavy atom. The highest BCUT2D eigenvalue weighted by Gasteiger charge is 2.49. The van der Waals surface area contributed by atoms with Crippen LogP contribution in [0.25, 0.3) is 0 Å². The predicted molar refractivity (Wildman–Crippen MR) is 82.7 cm³/mol. The number of hydrogen-bond donors (Lipinski definition) is 1. The van der Waals surface area contributed by atoms with Gasteiger partial charge in [0.15, 0.2) is 0 Å². The molecule has 0 bridgehead atoms. The third kappa shape index (κ3) is 2.93. The van der Waals surface area contributed by atoms with Gasteiger partial charge in [-0.1, -0.05) is 0 Å². The number of carbonyl (C=O) groups excluding carboxylic acids is 1. The fourth-order valence-electron chi connectivity index (χ4n) is 4.03. The van der Waals surface area contributed by atoms with Crippen molar-refractivity contribution in [1.29, 1.82) is 0 Å². The van der Waals surface area contributed by atoms with E-state index in [1.807, 2.05) is 25.7 Å². The second-order valence-corrected chi connectivity index (χ2v) is 7.71. The molecule has 3 heterocycles. The fraction of sp³-hybridized carbons (Fsp3) is 0.875. The maximum atomic E-state index is 12.4. The van der Waals surface area contributed by atoms with Crippen LogP contribution in [0, 0.1) is 11.3 Å². The van der Waals surface area contributed by atoms with E-state index in [9.17, 15) is 4.79 Å². The molecule has 118 valence electrons. The van der Waals surface area contributed by atoms with Gasteiger partial charge in [-0.15, -0.1) is 0 Å². The van der Waals surface area contributed by atoms with Gasteiger partial charge < -0.3 is 15.0 Å². The first-order chi connectivity index (χ1) is 9.90. The summed E-state index contributed by atoms with van der Waals surface area (Å²) in [5.41, 5.74) is -0.426. The standard InChI is InChI=1S/C16H27N3O2/c1-15(2,3)21-14(20)19-8-4-6-16(11-19)10-17-9-12-5-7-18-13(12)16/h10,12-13,18H,4-9,11H2,1-3H3. The Morgan fingerprint density at radius 3 is 3.05 bits per heavy atom. The highest BCUT2D eigenvalue weighted by Crippen LogP contribution is 2.40. The summed E-state index contributed by atoms with van der Waals surface area (Å²) in [5.74, 6) is 0.633. The van der Waals surface area contributed by atoms with E-state index < -0.39 is 5.60 Å². The number of carbonyl (C=O) groups is 1. The Labute approximate surface area is 127 Å². The van der Waals surface area contributed by atoms with Gasteiger partial charge in [0.1, 0.15) is 5.60 Å². The molecule has 0 aliphatic carbocycles. The molecule has 1 spiro atoms. The lowest BCUT2D eigenvalue weighted by Crippen LogP contribution is -2.58. The van der Waals surface area contributed by atoms with E-state index >= 15 is 0 Å². The second-order valence-electron chi connectivity index (χ2n) is 7.71. The summed E-state index contributed by atoms with van der Waals surface area (Å²) < 4.78 is 5.54. The predicted octanol–water partition coefficient (Wildman–Crippen LogP) is 2.07. The molecule has 3 atom stereocenters. The van der Waals surface area contributed by atoms with Crippen molar-refractivity contribution in [3.8, 4) is 0 Å². The Kier molecular flexibility index (Phi) is 3.72. The topological polar surface area (TPSA) is 53.9 Å². The lowest BCUT2D eigenvalue weighted by molar-refractivity contribution is 0.00737. The quantitative estimate of drug-likeness (QED) is 0.744. The molecule has 3 aliphatic heterocycles. The van der Waals surface area contributed by atoms with Crippen molar-refractivity contribution < 1.29 is 9.53 Å². The van der Waals surface area contributed by atoms with Gasteiger partial charge in [-0.2, -0.15) is 0 Å². The molecule has 0 aromatic heterocycles. The lowest BCUT2D eigenvalue weighted by Gasteiger charge is -2.47. The third-order valence-electron chi connectivity index (χ3n) is 4.87. The van der Waals surface area contributed by atoms with Crippen LogP contribution in [0.2, 0.25) is 0 Å². The van der Waals surface area contributed by atoms with Gasteiger partial charge in [0.2, 0.25) is 0 Å². The van der Waals surface area contributed by atoms with Crippen molar-refractivity contribution in [2.75, 3.05) is 26.2 Å². The lowest BCUT2D eigenvalue weighted by atomic mass is 9.69. The monoisotopic (exact) mass is 293 g/mol. The largest absolute Gasteiger partial charge is 0.444 e. The van der Waals surface area contributed by atoms with Gasteiger partial charge in [-0.25, -0.2) is 4.79 Å². The van der Waals surface area contributed by atoms with E-state index in [0.29, 0.717) is 12.0 Å². The van der Waals surface area contributed by atoms with Crippen LogP contribution in [0.4, 0.5) is 4.79 Å². The van der Waals surface area contributed by atoms with Gasteiger partial charge >= 0.3 is 6.09 Å². The smallest absolute Gasteiger partial charge is 0.410 e. The van der Waals surface area contributed by atoms with Gasteiger partial charge in [0.05, 0.1) is 0 Å². The molecule has 1 N–H and O–H groups in total. The maximum absolute atomic E-state index is 12.4. The summed E-state index contributed by atoms with van der Waals surface area (Å²) in [6.07, 6.45) is 5.29. The van der Waals surface area contributed by atoms with Crippen molar-refractivity contribution in [2.45, 2.75) is 51.7 Å². The average Bonchev–Trinajstić information content (AvgIpc) is 2.87. The third-order valence-corrected chi connectivity index (χ3v) is 4.87. The van der Waals surface area contributed by atoms with Crippen molar-refractivity contribution in [2.24, 2.45) is 16.3 Å². The molecule has 3 unspecified atom stereocenters. The molecule has 21 heavy (non-hydrogen) atoms. The number of aliphatic imine (C=N–C) groups is 1. The second kappa shape index (κ2) is 5.27. The first kappa shape index (κ1) is 14.8. The summed E-state index contributed by atoms with van der Waals surface area (Å²) in [5, 5.41) is 3.66. The highest BCUT2D eigenvalue weighted by molar-refractivity contribution is 5.73. The molecule has 1 amide bonds. The fourth-order valence-corrected chi connectivity index (χ4v) is 4.03. The number of nitrogens with one attached hydrogen (secondary N) is 1. The number of rotatable bonds is 0. The summed E-state index contributed by atoms with van der Waals surface area (Å²) in [7, 11) is 0. The highest BCUT2D eigenvalue weighted by atomic mass is 16.6. The Hall–Kier alpha value is -1.10. The first-order valence-corrected chi connectivity index (χ1v) is 8.12. The SMILES string of the molecule is CC(C)(C)OC(=O)N1CCCC2(C=NCC3CCNC32)C1. The Balaban J connectivity index is 1.74. The minimum absolute atomic E-state index is 0.00850. The van der Waals surface area contributed by atoms with Crippen LogP contribution in [0.1, 0.15) is 40.0 Å². The first-order valence-electron chi connectivity index (χ1n) is 8.12. The van der Waals surface area contributed by atoms with Crippen molar-refractivity contribution in [1.82, 2.24) is 10.2 Å². The summed E-state index contributed by atoms with van der Waals surface area (Å²) in [4.78, 5) is 18.9. The molecular weight excluding hydrogens is 266 g/mol. The minimum Gasteiger partial charge on any atom is -0.444 e. The van der Waals surface area contributed by atoms with E-state index in [2.05, 4.69) is 16.5 Å². The van der Waals surface area contributed by atoms with Crippen LogP contribution < -0.4 is 5.32 Å². The van der Waals surface area contributed by atoms with Crippen LogP contribution in [-0.2, 0) is 4.74 Å². The zero-order chi connectivity index (χ0) is 15.1. The van der Waals surface area contributed by atoms with Crippen LogP contribution in [-0.4, -0.2) is 55.0 Å². The van der Waals surface area contributed by atoms with Crippen LogP contribution in [0.5, 0.6) is 0 Å². The summed E-state index contributed by atoms with van der Waals surface area (Å²) >= 11 is 0. The number of amides is 1. The molecule has 5 nitrogen and oxygen atoms in total. The molecule has 0 radical (unpaired) electrons. The summed E-state index contributed by atoms with van der Waals surface area (Å²) in [6, 6.07) is 0.472. The summed E-state index contributed by atoms with van der Waals surface area (Å²) in [6.45, 7) is 9.30. The molecule has 5 heteroatoms. The van der Waals surface area contributed by atoms with E-state index in [1.165, 1.54) is 6.42 Å². The molecule has 0 aromatic carbocycles. The van der Waals surface area contributed by atoms with E-state index in [1.54, 1.807) is 0 Å². The molecule has 3 aliphatic rings. The number of piperidine rings is 1. The number of hydrogen-bond acceptors (Lipinski definition) is 4. The molecular formula is C16H27N3O2. The normalized spacial score (nSPS) is 35.9. The van der Waals surface area contributed by atoms with Gasteiger partial charge in [0.25, 0.3) is 0 Å². The molecule has 2 fully saturated rings. The van der Waals surface area contributed by atoms with Crippen molar-refractivity contribution >= 4 is 12.3 Å². The number of ether oxygens (including phenoxy) is 1. The van der Waals surface area contributed by atoms with Crippen LogP contribution in [0.15, 0.2) is 4.99 Å². The van der Waals surface area contributed by atoms with Gasteiger partial charge in [0, 0.05) is 37.3 Å². The van der Waals surface area contributed by atoms with E-state index in [4.69, 9.17) is 4.74 Å². The van der Waals surface area contributed by atoms with Crippen LogP contribution in [0.3, 0.4) is 0 Å². The van der Waals surface area contributed by atoms with Gasteiger partial charge in [-0.05, 0) is 52.5 Å². The molecule has 0 saturated carbocycles. The molecule has 2 saturated heterocycles. The van der Waals surface area contributed by atoms with E-state index in [-0.39, 0.29) is 11.5 Å². The minimum atomic E-state index is -0.434. The Morgan fingerprint density at radius 2 is 2.29 bits per heavy atom. The van der Waals surface area contributed by atoms with E-state index in [0.717, 1.165) is 39.0 Å². The number of likely N-dealkylation sites (tertiary alicyclic amines) is 1. The molecule has 0 aromatic rings. The average molecular weight is 293 g/mol. The zero-order valence-corrected chi connectivity index (χ0v) is 13.4. The maximum Gasteiger partial charge on any atom is 0.410 e. The number of nitrogens with zero attached hydrogens (tertiary/aromatic N) is 2. The van der Waals surface area contributed by atoms with Crippen LogP contribution >= 0.6 is 0 Å². The van der Waals surface area contributed by atoms with Crippen molar-refractivity contribution in [3.63, 3.8) is 0 Å². The number of fused-ring (bicyclic) bond motifs is 2. The molecule has 3 rings (SSSR count). The zero-order valence-electron chi connectivity index (χ0n) is 13.4.